The highest BCUT2D eigenvalue weighted by Crippen LogP contribution is 2.16. The Kier molecular flexibility index (Phi) is 4.92. The summed E-state index contributed by atoms with van der Waals surface area (Å²) in [4.78, 5) is -0.700. The minimum atomic E-state index is -4.09. The van der Waals surface area contributed by atoms with Gasteiger partial charge in [-0.25, -0.2) is 21.9 Å². The Labute approximate surface area is 126 Å². The lowest BCUT2D eigenvalue weighted by molar-refractivity contribution is 0.546. The zero-order valence-corrected chi connectivity index (χ0v) is 12.4. The molecular weight excluding hydrogens is 320 g/mol. The molecule has 0 heterocycles. The van der Waals surface area contributed by atoms with Gasteiger partial charge >= 0.3 is 0 Å². The van der Waals surface area contributed by atoms with Crippen molar-refractivity contribution in [3.63, 3.8) is 0 Å². The van der Waals surface area contributed by atoms with Crippen LogP contribution in [0.25, 0.3) is 0 Å². The van der Waals surface area contributed by atoms with Crippen LogP contribution in [0.4, 0.5) is 8.78 Å². The Morgan fingerprint density at radius 3 is 2.57 bits per heavy atom. The predicted molar refractivity (Wildman–Crippen MR) is 76.7 cm³/mol. The van der Waals surface area contributed by atoms with E-state index in [4.69, 9.17) is 11.6 Å². The summed E-state index contributed by atoms with van der Waals surface area (Å²) in [5, 5.41) is 0.548. The molecule has 0 aliphatic heterocycles. The first-order chi connectivity index (χ1) is 9.88. The first kappa shape index (κ1) is 15.9. The summed E-state index contributed by atoms with van der Waals surface area (Å²) in [5.41, 5.74) is 0.838. The lowest BCUT2D eigenvalue weighted by Crippen LogP contribution is -2.27. The van der Waals surface area contributed by atoms with Crippen LogP contribution in [0.5, 0.6) is 0 Å². The average Bonchev–Trinajstić information content (AvgIpc) is 2.41. The molecule has 112 valence electrons. The SMILES string of the molecule is O=S(=O)(NCCc1cccc(Cl)c1)c1cc(F)ccc1F. The third kappa shape index (κ3) is 4.23. The van der Waals surface area contributed by atoms with E-state index in [9.17, 15) is 17.2 Å². The lowest BCUT2D eigenvalue weighted by atomic mass is 10.2. The van der Waals surface area contributed by atoms with Gasteiger partial charge in [0.25, 0.3) is 0 Å². The van der Waals surface area contributed by atoms with Gasteiger partial charge in [-0.2, -0.15) is 0 Å². The molecule has 0 radical (unpaired) electrons. The van der Waals surface area contributed by atoms with Gasteiger partial charge in [0, 0.05) is 11.6 Å². The van der Waals surface area contributed by atoms with Crippen LogP contribution < -0.4 is 4.72 Å². The largest absolute Gasteiger partial charge is 0.243 e. The molecular formula is C14H12ClF2NO2S. The van der Waals surface area contributed by atoms with Crippen LogP contribution in [0.1, 0.15) is 5.56 Å². The monoisotopic (exact) mass is 331 g/mol. The van der Waals surface area contributed by atoms with Crippen molar-refractivity contribution in [2.45, 2.75) is 11.3 Å². The summed E-state index contributed by atoms with van der Waals surface area (Å²) < 4.78 is 52.6. The van der Waals surface area contributed by atoms with Crippen molar-refractivity contribution in [3.05, 3.63) is 64.7 Å². The molecule has 0 bridgehead atoms. The second kappa shape index (κ2) is 6.51. The third-order valence-corrected chi connectivity index (χ3v) is 4.49. The Morgan fingerprint density at radius 2 is 1.86 bits per heavy atom. The highest BCUT2D eigenvalue weighted by Gasteiger charge is 2.19. The molecule has 7 heteroatoms. The minimum Gasteiger partial charge on any atom is -0.211 e. The lowest BCUT2D eigenvalue weighted by Gasteiger charge is -2.08. The molecule has 0 amide bonds. The Hall–Kier alpha value is -1.50. The topological polar surface area (TPSA) is 46.2 Å². The Morgan fingerprint density at radius 1 is 1.10 bits per heavy atom. The van der Waals surface area contributed by atoms with Crippen molar-refractivity contribution in [3.8, 4) is 0 Å². The third-order valence-electron chi connectivity index (χ3n) is 2.78. The molecule has 2 rings (SSSR count). The minimum absolute atomic E-state index is 0.0542. The van der Waals surface area contributed by atoms with Gasteiger partial charge in [0.1, 0.15) is 16.5 Å². The first-order valence-electron chi connectivity index (χ1n) is 6.08. The van der Waals surface area contributed by atoms with Crippen LogP contribution in [0.15, 0.2) is 47.4 Å². The zero-order valence-electron chi connectivity index (χ0n) is 10.8. The molecule has 1 N–H and O–H groups in total. The fraction of sp³-hybridized carbons (Fsp3) is 0.143. The molecule has 0 atom stereocenters. The molecule has 0 aromatic heterocycles. The van der Waals surface area contributed by atoms with Gasteiger partial charge < -0.3 is 0 Å². The second-order valence-corrected chi connectivity index (χ2v) is 6.52. The molecule has 2 aromatic carbocycles. The summed E-state index contributed by atoms with van der Waals surface area (Å²) >= 11 is 5.82. The summed E-state index contributed by atoms with van der Waals surface area (Å²) in [6.45, 7) is 0.0542. The fourth-order valence-corrected chi connectivity index (χ4v) is 3.11. The zero-order chi connectivity index (χ0) is 15.5. The number of nitrogens with one attached hydrogen (secondary N) is 1. The van der Waals surface area contributed by atoms with E-state index in [2.05, 4.69) is 4.72 Å². The number of rotatable bonds is 5. The van der Waals surface area contributed by atoms with Gasteiger partial charge in [-0.05, 0) is 42.3 Å². The Bertz CT molecular complexity index is 750. The maximum Gasteiger partial charge on any atom is 0.243 e. The molecule has 0 saturated heterocycles. The molecule has 21 heavy (non-hydrogen) atoms. The molecule has 0 aliphatic carbocycles. The van der Waals surface area contributed by atoms with Crippen molar-refractivity contribution in [1.82, 2.24) is 4.72 Å². The standard InChI is InChI=1S/C14H12ClF2NO2S/c15-11-3-1-2-10(8-11)6-7-18-21(19,20)14-9-12(16)4-5-13(14)17/h1-5,8-9,18H,6-7H2. The van der Waals surface area contributed by atoms with Gasteiger partial charge in [0.15, 0.2) is 0 Å². The maximum atomic E-state index is 13.5. The summed E-state index contributed by atoms with van der Waals surface area (Å²) in [6.07, 6.45) is 0.386. The molecule has 0 aliphatic rings. The van der Waals surface area contributed by atoms with Gasteiger partial charge in [0.2, 0.25) is 10.0 Å². The van der Waals surface area contributed by atoms with Crippen LogP contribution in [0.3, 0.4) is 0 Å². The van der Waals surface area contributed by atoms with Crippen LogP contribution in [-0.2, 0) is 16.4 Å². The van der Waals surface area contributed by atoms with Crippen molar-refractivity contribution in [1.29, 1.82) is 0 Å². The van der Waals surface area contributed by atoms with E-state index >= 15 is 0 Å². The van der Waals surface area contributed by atoms with Crippen molar-refractivity contribution in [2.24, 2.45) is 0 Å². The van der Waals surface area contributed by atoms with Gasteiger partial charge in [-0.3, -0.25) is 0 Å². The highest BCUT2D eigenvalue weighted by molar-refractivity contribution is 7.89. The number of hydrogen-bond donors (Lipinski definition) is 1. The normalized spacial score (nSPS) is 11.6. The van der Waals surface area contributed by atoms with Crippen molar-refractivity contribution in [2.75, 3.05) is 6.54 Å². The van der Waals surface area contributed by atoms with E-state index in [1.165, 1.54) is 0 Å². The number of halogens is 3. The Balaban J connectivity index is 2.06. The molecule has 0 unspecified atom stereocenters. The number of hydrogen-bond acceptors (Lipinski definition) is 2. The quantitative estimate of drug-likeness (QED) is 0.915. The summed E-state index contributed by atoms with van der Waals surface area (Å²) in [6, 6.07) is 9.25. The molecule has 3 nitrogen and oxygen atoms in total. The van der Waals surface area contributed by atoms with E-state index in [1.54, 1.807) is 24.3 Å². The molecule has 0 fully saturated rings. The van der Waals surface area contributed by atoms with Crippen LogP contribution in [0, 0.1) is 11.6 Å². The van der Waals surface area contributed by atoms with E-state index in [0.29, 0.717) is 17.5 Å². The van der Waals surface area contributed by atoms with E-state index in [0.717, 1.165) is 17.7 Å². The second-order valence-electron chi connectivity index (χ2n) is 4.35. The van der Waals surface area contributed by atoms with Gasteiger partial charge in [-0.1, -0.05) is 23.7 Å². The molecule has 2 aromatic rings. The number of sulfonamides is 1. The van der Waals surface area contributed by atoms with Gasteiger partial charge in [-0.15, -0.1) is 0 Å². The van der Waals surface area contributed by atoms with E-state index in [1.807, 2.05) is 0 Å². The first-order valence-corrected chi connectivity index (χ1v) is 7.94. The smallest absolute Gasteiger partial charge is 0.211 e. The fourth-order valence-electron chi connectivity index (χ4n) is 1.78. The van der Waals surface area contributed by atoms with Crippen LogP contribution in [0.2, 0.25) is 5.02 Å². The molecule has 0 spiro atoms. The highest BCUT2D eigenvalue weighted by atomic mass is 35.5. The predicted octanol–water partition coefficient (Wildman–Crippen LogP) is 3.14. The average molecular weight is 332 g/mol. The van der Waals surface area contributed by atoms with E-state index in [-0.39, 0.29) is 6.54 Å². The van der Waals surface area contributed by atoms with Crippen molar-refractivity contribution < 1.29 is 17.2 Å². The number of benzene rings is 2. The van der Waals surface area contributed by atoms with Gasteiger partial charge in [0.05, 0.1) is 0 Å². The van der Waals surface area contributed by atoms with Crippen LogP contribution in [-0.4, -0.2) is 15.0 Å². The summed E-state index contributed by atoms with van der Waals surface area (Å²) in [7, 11) is -4.09. The van der Waals surface area contributed by atoms with Crippen molar-refractivity contribution >= 4 is 21.6 Å². The van der Waals surface area contributed by atoms with E-state index < -0.39 is 26.6 Å². The summed E-state index contributed by atoms with van der Waals surface area (Å²) in [5.74, 6) is -1.81. The van der Waals surface area contributed by atoms with Crippen LogP contribution >= 0.6 is 11.6 Å². The molecule has 0 saturated carbocycles. The maximum absolute atomic E-state index is 13.5.